The van der Waals surface area contributed by atoms with Crippen LogP contribution in [-0.4, -0.2) is 24.2 Å². The van der Waals surface area contributed by atoms with Gasteiger partial charge in [0.05, 0.1) is 7.11 Å². The molecule has 0 aliphatic heterocycles. The predicted molar refractivity (Wildman–Crippen MR) is 61.7 cm³/mol. The van der Waals surface area contributed by atoms with Crippen LogP contribution in [0.3, 0.4) is 0 Å². The standard InChI is InChI=1S/C12H17NO3/c1-3-8-4-5-11(16-2)9(6-8)7-10(13)12(14)15/h4-6,10H,3,7,13H2,1-2H3,(H,14,15). The van der Waals surface area contributed by atoms with Crippen molar-refractivity contribution in [2.45, 2.75) is 25.8 Å². The lowest BCUT2D eigenvalue weighted by Crippen LogP contribution is -2.32. The number of rotatable bonds is 5. The molecule has 1 rings (SSSR count). The summed E-state index contributed by atoms with van der Waals surface area (Å²) >= 11 is 0. The van der Waals surface area contributed by atoms with Gasteiger partial charge in [0.1, 0.15) is 11.8 Å². The van der Waals surface area contributed by atoms with Crippen LogP contribution in [-0.2, 0) is 17.6 Å². The Morgan fingerprint density at radius 2 is 2.25 bits per heavy atom. The molecule has 4 nitrogen and oxygen atoms in total. The van der Waals surface area contributed by atoms with Gasteiger partial charge in [-0.05, 0) is 23.6 Å². The third-order valence-corrected chi connectivity index (χ3v) is 2.51. The van der Waals surface area contributed by atoms with Gasteiger partial charge in [-0.2, -0.15) is 0 Å². The fourth-order valence-electron chi connectivity index (χ4n) is 1.54. The lowest BCUT2D eigenvalue weighted by Gasteiger charge is -2.12. The number of carbonyl (C=O) groups is 1. The Bertz CT molecular complexity index is 377. The Hall–Kier alpha value is -1.55. The number of carboxylic acid groups (broad SMARTS) is 1. The molecule has 16 heavy (non-hydrogen) atoms. The van der Waals surface area contributed by atoms with Crippen LogP contribution < -0.4 is 10.5 Å². The van der Waals surface area contributed by atoms with Gasteiger partial charge in [0, 0.05) is 6.42 Å². The third-order valence-electron chi connectivity index (χ3n) is 2.51. The molecule has 0 spiro atoms. The molecule has 1 unspecified atom stereocenters. The van der Waals surface area contributed by atoms with E-state index >= 15 is 0 Å². The van der Waals surface area contributed by atoms with Gasteiger partial charge in [-0.15, -0.1) is 0 Å². The molecule has 0 aliphatic rings. The molecule has 0 heterocycles. The molecule has 0 saturated carbocycles. The van der Waals surface area contributed by atoms with Crippen LogP contribution in [0.15, 0.2) is 18.2 Å². The fourth-order valence-corrected chi connectivity index (χ4v) is 1.54. The van der Waals surface area contributed by atoms with Crippen LogP contribution in [0.25, 0.3) is 0 Å². The van der Waals surface area contributed by atoms with Crippen molar-refractivity contribution in [3.63, 3.8) is 0 Å². The van der Waals surface area contributed by atoms with Gasteiger partial charge in [0.25, 0.3) is 0 Å². The zero-order valence-electron chi connectivity index (χ0n) is 9.56. The van der Waals surface area contributed by atoms with Crippen molar-refractivity contribution in [3.05, 3.63) is 29.3 Å². The summed E-state index contributed by atoms with van der Waals surface area (Å²) in [5.41, 5.74) is 7.50. The van der Waals surface area contributed by atoms with Gasteiger partial charge in [0.15, 0.2) is 0 Å². The van der Waals surface area contributed by atoms with E-state index in [9.17, 15) is 4.79 Å². The molecule has 0 amide bonds. The van der Waals surface area contributed by atoms with Gasteiger partial charge in [-0.25, -0.2) is 0 Å². The lowest BCUT2D eigenvalue weighted by molar-refractivity contribution is -0.138. The van der Waals surface area contributed by atoms with Crippen LogP contribution in [0.4, 0.5) is 0 Å². The first-order valence-electron chi connectivity index (χ1n) is 5.22. The second kappa shape index (κ2) is 5.51. The Kier molecular flexibility index (Phi) is 4.31. The summed E-state index contributed by atoms with van der Waals surface area (Å²) in [6.07, 6.45) is 1.19. The van der Waals surface area contributed by atoms with E-state index in [0.717, 1.165) is 17.5 Å². The summed E-state index contributed by atoms with van der Waals surface area (Å²) in [6, 6.07) is 4.87. The molecule has 0 saturated heterocycles. The highest BCUT2D eigenvalue weighted by Gasteiger charge is 2.15. The minimum atomic E-state index is -0.996. The molecular weight excluding hydrogens is 206 g/mol. The normalized spacial score (nSPS) is 12.2. The van der Waals surface area contributed by atoms with Crippen molar-refractivity contribution < 1.29 is 14.6 Å². The summed E-state index contributed by atoms with van der Waals surface area (Å²) in [5, 5.41) is 8.77. The summed E-state index contributed by atoms with van der Waals surface area (Å²) in [7, 11) is 1.57. The molecule has 4 heteroatoms. The van der Waals surface area contributed by atoms with Gasteiger partial charge in [0.2, 0.25) is 0 Å². The number of aryl methyl sites for hydroxylation is 1. The first-order valence-corrected chi connectivity index (χ1v) is 5.22. The number of hydrogen-bond acceptors (Lipinski definition) is 3. The number of ether oxygens (including phenoxy) is 1. The smallest absolute Gasteiger partial charge is 0.320 e. The monoisotopic (exact) mass is 223 g/mol. The number of nitrogens with two attached hydrogens (primary N) is 1. The second-order valence-electron chi connectivity index (χ2n) is 3.65. The zero-order chi connectivity index (χ0) is 12.1. The molecule has 88 valence electrons. The maximum absolute atomic E-state index is 10.7. The quantitative estimate of drug-likeness (QED) is 0.787. The number of hydrogen-bond donors (Lipinski definition) is 2. The van der Waals surface area contributed by atoms with Crippen molar-refractivity contribution in [1.82, 2.24) is 0 Å². The van der Waals surface area contributed by atoms with Crippen molar-refractivity contribution in [2.24, 2.45) is 5.73 Å². The Morgan fingerprint density at radius 3 is 2.75 bits per heavy atom. The molecule has 1 aromatic carbocycles. The van der Waals surface area contributed by atoms with Crippen LogP contribution in [0.2, 0.25) is 0 Å². The summed E-state index contributed by atoms with van der Waals surface area (Å²) in [5.74, 6) is -0.308. The molecule has 3 N–H and O–H groups in total. The van der Waals surface area contributed by atoms with E-state index in [1.54, 1.807) is 7.11 Å². The molecule has 1 aromatic rings. The largest absolute Gasteiger partial charge is 0.496 e. The van der Waals surface area contributed by atoms with E-state index in [0.29, 0.717) is 5.75 Å². The van der Waals surface area contributed by atoms with Crippen molar-refractivity contribution >= 4 is 5.97 Å². The van der Waals surface area contributed by atoms with E-state index in [4.69, 9.17) is 15.6 Å². The van der Waals surface area contributed by atoms with Crippen LogP contribution >= 0.6 is 0 Å². The minimum Gasteiger partial charge on any atom is -0.496 e. The minimum absolute atomic E-state index is 0.284. The van der Waals surface area contributed by atoms with Crippen LogP contribution in [0, 0.1) is 0 Å². The predicted octanol–water partition coefficient (Wildman–Crippen LogP) is 1.21. The summed E-state index contributed by atoms with van der Waals surface area (Å²) in [4.78, 5) is 10.7. The highest BCUT2D eigenvalue weighted by molar-refractivity contribution is 5.73. The van der Waals surface area contributed by atoms with Gasteiger partial charge in [-0.1, -0.05) is 19.1 Å². The average Bonchev–Trinajstić information content (AvgIpc) is 2.28. The number of aliphatic carboxylic acids is 1. The molecule has 0 radical (unpaired) electrons. The first kappa shape index (κ1) is 12.5. The van der Waals surface area contributed by atoms with Crippen molar-refractivity contribution in [1.29, 1.82) is 0 Å². The second-order valence-corrected chi connectivity index (χ2v) is 3.65. The zero-order valence-corrected chi connectivity index (χ0v) is 9.56. The maximum atomic E-state index is 10.7. The van der Waals surface area contributed by atoms with Crippen molar-refractivity contribution in [3.8, 4) is 5.75 Å². The Balaban J connectivity index is 2.95. The SMILES string of the molecule is CCc1ccc(OC)c(CC(N)C(=O)O)c1. The Morgan fingerprint density at radius 1 is 1.56 bits per heavy atom. The van der Waals surface area contributed by atoms with E-state index in [1.807, 2.05) is 25.1 Å². The van der Waals surface area contributed by atoms with E-state index < -0.39 is 12.0 Å². The third kappa shape index (κ3) is 2.97. The highest BCUT2D eigenvalue weighted by atomic mass is 16.5. The van der Waals surface area contributed by atoms with Crippen molar-refractivity contribution in [2.75, 3.05) is 7.11 Å². The van der Waals surface area contributed by atoms with E-state index in [-0.39, 0.29) is 6.42 Å². The molecule has 0 fully saturated rings. The summed E-state index contributed by atoms with van der Waals surface area (Å²) < 4.78 is 5.18. The van der Waals surface area contributed by atoms with Gasteiger partial charge < -0.3 is 15.6 Å². The molecule has 0 bridgehead atoms. The highest BCUT2D eigenvalue weighted by Crippen LogP contribution is 2.21. The van der Waals surface area contributed by atoms with Gasteiger partial charge >= 0.3 is 5.97 Å². The fraction of sp³-hybridized carbons (Fsp3) is 0.417. The number of carboxylic acids is 1. The van der Waals surface area contributed by atoms with Crippen LogP contribution in [0.1, 0.15) is 18.1 Å². The number of benzene rings is 1. The van der Waals surface area contributed by atoms with E-state index in [1.165, 1.54) is 0 Å². The molecule has 0 aliphatic carbocycles. The molecule has 0 aromatic heterocycles. The van der Waals surface area contributed by atoms with Crippen LogP contribution in [0.5, 0.6) is 5.75 Å². The lowest BCUT2D eigenvalue weighted by atomic mass is 10.0. The maximum Gasteiger partial charge on any atom is 0.320 e. The number of methoxy groups -OCH3 is 1. The summed E-state index contributed by atoms with van der Waals surface area (Å²) in [6.45, 7) is 2.04. The molecular formula is C12H17NO3. The van der Waals surface area contributed by atoms with E-state index in [2.05, 4.69) is 0 Å². The first-order chi connectivity index (χ1) is 7.58. The Labute approximate surface area is 95.0 Å². The van der Waals surface area contributed by atoms with Gasteiger partial charge in [-0.3, -0.25) is 4.79 Å². The molecule has 1 atom stereocenters. The topological polar surface area (TPSA) is 72.5 Å². The average molecular weight is 223 g/mol.